The molecule has 3 heteroatoms. The first kappa shape index (κ1) is 8.24. The first-order valence-corrected chi connectivity index (χ1v) is 3.94. The molecule has 64 valence electrons. The maximum absolute atomic E-state index is 11.3. The first-order chi connectivity index (χ1) is 5.11. The molecule has 0 radical (unpaired) electrons. The van der Waals surface area contributed by atoms with Crippen LogP contribution in [0.1, 0.15) is 28.1 Å². The van der Waals surface area contributed by atoms with Gasteiger partial charge in [-0.05, 0) is 6.42 Å². The number of ketones is 1. The summed E-state index contributed by atoms with van der Waals surface area (Å²) in [5.41, 5.74) is 0. The van der Waals surface area contributed by atoms with Crippen LogP contribution in [0.3, 0.4) is 0 Å². The second-order valence-corrected chi connectivity index (χ2v) is 3.22. The van der Waals surface area contributed by atoms with E-state index in [0.29, 0.717) is 12.8 Å². The number of nitrogens with one attached hydrogen (secondary N) is 1. The molecule has 1 fully saturated rings. The lowest BCUT2D eigenvalue weighted by Crippen LogP contribution is -2.35. The van der Waals surface area contributed by atoms with Crippen molar-refractivity contribution in [2.75, 3.05) is 0 Å². The van der Waals surface area contributed by atoms with Crippen molar-refractivity contribution in [3.63, 3.8) is 0 Å². The summed E-state index contributed by atoms with van der Waals surface area (Å²) in [6.07, 6.45) is 1.18. The molecular formula is C8H15NO2. The van der Waals surface area contributed by atoms with Gasteiger partial charge in [0.1, 0.15) is 0 Å². The summed E-state index contributed by atoms with van der Waals surface area (Å²) < 4.78 is 0. The van der Waals surface area contributed by atoms with Gasteiger partial charge in [-0.1, -0.05) is 13.8 Å². The lowest BCUT2D eigenvalue weighted by Gasteiger charge is -2.10. The van der Waals surface area contributed by atoms with E-state index in [9.17, 15) is 9.59 Å². The summed E-state index contributed by atoms with van der Waals surface area (Å²) in [6.45, 7) is 3.71. The van der Waals surface area contributed by atoms with Gasteiger partial charge in [-0.2, -0.15) is 0 Å². The van der Waals surface area contributed by atoms with Gasteiger partial charge in [-0.3, -0.25) is 9.59 Å². The average molecular weight is 157 g/mol. The molecule has 1 N–H and O–H groups in total. The maximum Gasteiger partial charge on any atom is 0.220 e. The molecule has 0 unspecified atom stereocenters. The summed E-state index contributed by atoms with van der Waals surface area (Å²) in [5, 5.41) is 2.65. The van der Waals surface area contributed by atoms with E-state index < -0.39 is 0 Å². The fourth-order valence-corrected chi connectivity index (χ4v) is 1.23. The minimum absolute atomic E-state index is 0. The van der Waals surface area contributed by atoms with Crippen molar-refractivity contribution in [3.05, 3.63) is 0 Å². The van der Waals surface area contributed by atoms with Gasteiger partial charge in [0.2, 0.25) is 5.91 Å². The molecule has 1 saturated heterocycles. The zero-order valence-electron chi connectivity index (χ0n) is 6.89. The normalized spacial score (nSPS) is 23.9. The summed E-state index contributed by atoms with van der Waals surface area (Å²) in [5.74, 6) is 0.179. The molecule has 1 aliphatic rings. The van der Waals surface area contributed by atoms with Crippen molar-refractivity contribution in [3.8, 4) is 0 Å². The van der Waals surface area contributed by atoms with Crippen LogP contribution >= 0.6 is 0 Å². The fraction of sp³-hybridized carbons (Fsp3) is 0.750. The van der Waals surface area contributed by atoms with E-state index >= 15 is 0 Å². The number of rotatable bonds is 2. The second-order valence-electron chi connectivity index (χ2n) is 3.22. The summed E-state index contributed by atoms with van der Waals surface area (Å²) >= 11 is 0. The Bertz CT molecular complexity index is 191. The van der Waals surface area contributed by atoms with Crippen molar-refractivity contribution < 1.29 is 11.0 Å². The third kappa shape index (κ3) is 1.79. The summed E-state index contributed by atoms with van der Waals surface area (Å²) in [6, 6.07) is -0.206. The Balaban J connectivity index is 0.00000121. The molecule has 11 heavy (non-hydrogen) atoms. The lowest BCUT2D eigenvalue weighted by atomic mass is 10.0. The molecule has 0 bridgehead atoms. The molecule has 0 saturated carbocycles. The van der Waals surface area contributed by atoms with E-state index in [4.69, 9.17) is 0 Å². The van der Waals surface area contributed by atoms with E-state index in [1.54, 1.807) is 0 Å². The molecule has 0 aromatic rings. The minimum Gasteiger partial charge on any atom is -0.346 e. The molecule has 0 aliphatic carbocycles. The van der Waals surface area contributed by atoms with Crippen LogP contribution in [0.15, 0.2) is 0 Å². The Hall–Kier alpha value is -0.860. The van der Waals surface area contributed by atoms with Crippen LogP contribution < -0.4 is 5.32 Å². The highest BCUT2D eigenvalue weighted by Gasteiger charge is 2.28. The smallest absolute Gasteiger partial charge is 0.220 e. The van der Waals surface area contributed by atoms with Gasteiger partial charge in [-0.15, -0.1) is 0 Å². The van der Waals surface area contributed by atoms with Crippen molar-refractivity contribution in [2.24, 2.45) is 5.92 Å². The standard InChI is InChI=1S/C8H13NO2.H2/c1-5(2)8(11)6-3-4-7(10)9-6;/h5-6H,3-4H2,1-2H3,(H,9,10);1H/t6-;/m0./s1. The number of carbonyl (C=O) groups excluding carboxylic acids is 2. The molecule has 1 amide bonds. The highest BCUT2D eigenvalue weighted by molar-refractivity contribution is 5.92. The maximum atomic E-state index is 11.3. The van der Waals surface area contributed by atoms with E-state index in [1.807, 2.05) is 13.8 Å². The number of amides is 1. The lowest BCUT2D eigenvalue weighted by molar-refractivity contribution is -0.126. The van der Waals surface area contributed by atoms with Crippen LogP contribution in [0.2, 0.25) is 0 Å². The second kappa shape index (κ2) is 3.03. The molecule has 1 rings (SSSR count). The topological polar surface area (TPSA) is 46.2 Å². The van der Waals surface area contributed by atoms with Gasteiger partial charge in [-0.25, -0.2) is 0 Å². The molecular weight excluding hydrogens is 142 g/mol. The van der Waals surface area contributed by atoms with Crippen molar-refractivity contribution in [2.45, 2.75) is 32.7 Å². The Kier molecular flexibility index (Phi) is 2.27. The van der Waals surface area contributed by atoms with Gasteiger partial charge in [0.05, 0.1) is 6.04 Å². The van der Waals surface area contributed by atoms with E-state index in [1.165, 1.54) is 0 Å². The van der Waals surface area contributed by atoms with Gasteiger partial charge in [0, 0.05) is 13.8 Å². The molecule has 1 atom stereocenters. The minimum atomic E-state index is -0.206. The van der Waals surface area contributed by atoms with Gasteiger partial charge in [0.25, 0.3) is 0 Å². The van der Waals surface area contributed by atoms with Crippen LogP contribution in [-0.4, -0.2) is 17.7 Å². The van der Waals surface area contributed by atoms with E-state index in [0.717, 1.165) is 0 Å². The molecule has 1 heterocycles. The number of Topliss-reactive ketones (excluding diaryl/α,β-unsaturated/α-hetero) is 1. The molecule has 3 nitrogen and oxygen atoms in total. The predicted molar refractivity (Wildman–Crippen MR) is 43.1 cm³/mol. The van der Waals surface area contributed by atoms with Gasteiger partial charge in [0.15, 0.2) is 5.78 Å². The van der Waals surface area contributed by atoms with Crippen molar-refractivity contribution >= 4 is 11.7 Å². The van der Waals surface area contributed by atoms with Gasteiger partial charge >= 0.3 is 0 Å². The van der Waals surface area contributed by atoms with Crippen LogP contribution in [0, 0.1) is 5.92 Å². The largest absolute Gasteiger partial charge is 0.346 e. The quantitative estimate of drug-likeness (QED) is 0.642. The zero-order valence-corrected chi connectivity index (χ0v) is 6.89. The van der Waals surface area contributed by atoms with Crippen molar-refractivity contribution in [1.82, 2.24) is 5.32 Å². The van der Waals surface area contributed by atoms with E-state index in [-0.39, 0.29) is 25.1 Å². The Labute approximate surface area is 67.6 Å². The predicted octanol–water partition coefficient (Wildman–Crippen LogP) is 0.736. The Morgan fingerprint density at radius 3 is 2.73 bits per heavy atom. The van der Waals surface area contributed by atoms with Gasteiger partial charge < -0.3 is 5.32 Å². The highest BCUT2D eigenvalue weighted by Crippen LogP contribution is 2.11. The van der Waals surface area contributed by atoms with Crippen LogP contribution in [0.5, 0.6) is 0 Å². The number of hydrogen-bond donors (Lipinski definition) is 1. The summed E-state index contributed by atoms with van der Waals surface area (Å²) in [4.78, 5) is 22.0. The fourth-order valence-electron chi connectivity index (χ4n) is 1.23. The molecule has 0 aromatic carbocycles. The highest BCUT2D eigenvalue weighted by atomic mass is 16.2. The number of hydrogen-bond acceptors (Lipinski definition) is 2. The molecule has 1 aliphatic heterocycles. The zero-order chi connectivity index (χ0) is 8.43. The van der Waals surface area contributed by atoms with Crippen molar-refractivity contribution in [1.29, 1.82) is 0 Å². The van der Waals surface area contributed by atoms with Crippen LogP contribution in [0.4, 0.5) is 0 Å². The SMILES string of the molecule is CC(C)C(=O)[C@@H]1CCC(=O)N1.[HH]. The third-order valence-electron chi connectivity index (χ3n) is 1.91. The third-order valence-corrected chi connectivity index (χ3v) is 1.91. The Morgan fingerprint density at radius 1 is 1.73 bits per heavy atom. The van der Waals surface area contributed by atoms with Crippen LogP contribution in [0.25, 0.3) is 0 Å². The Morgan fingerprint density at radius 2 is 2.36 bits per heavy atom. The molecule has 0 aromatic heterocycles. The molecule has 0 spiro atoms. The monoisotopic (exact) mass is 157 g/mol. The summed E-state index contributed by atoms with van der Waals surface area (Å²) in [7, 11) is 0. The van der Waals surface area contributed by atoms with E-state index in [2.05, 4.69) is 5.32 Å². The van der Waals surface area contributed by atoms with Crippen LogP contribution in [-0.2, 0) is 9.59 Å². The average Bonchev–Trinajstić information content (AvgIpc) is 2.34. The first-order valence-electron chi connectivity index (χ1n) is 3.94. The number of carbonyl (C=O) groups is 2.